The van der Waals surface area contributed by atoms with Gasteiger partial charge in [-0.05, 0) is 31.5 Å². The van der Waals surface area contributed by atoms with E-state index in [1.807, 2.05) is 16.7 Å². The summed E-state index contributed by atoms with van der Waals surface area (Å²) in [6, 6.07) is 5.74. The van der Waals surface area contributed by atoms with Crippen LogP contribution in [0.25, 0.3) is 0 Å². The van der Waals surface area contributed by atoms with Crippen LogP contribution in [0.2, 0.25) is 0 Å². The van der Waals surface area contributed by atoms with Gasteiger partial charge in [0.2, 0.25) is 5.91 Å². The number of carbonyl (C=O) groups is 1. The van der Waals surface area contributed by atoms with Gasteiger partial charge in [0.25, 0.3) is 0 Å². The Balaban J connectivity index is 2.05. The number of methoxy groups -OCH3 is 2. The van der Waals surface area contributed by atoms with Crippen molar-refractivity contribution in [3.8, 4) is 11.5 Å². The molecule has 2 aromatic rings. The molecule has 130 valence electrons. The summed E-state index contributed by atoms with van der Waals surface area (Å²) in [5, 5.41) is 8.03. The van der Waals surface area contributed by atoms with E-state index in [1.165, 1.54) is 0 Å². The average Bonchev–Trinajstić information content (AvgIpc) is 3.02. The van der Waals surface area contributed by atoms with Gasteiger partial charge in [-0.15, -0.1) is 10.2 Å². The molecule has 0 N–H and O–H groups in total. The Bertz CT molecular complexity index is 697. The summed E-state index contributed by atoms with van der Waals surface area (Å²) in [7, 11) is 4.93. The van der Waals surface area contributed by atoms with Crippen molar-refractivity contribution >= 4 is 5.91 Å². The molecule has 1 aromatic heterocycles. The van der Waals surface area contributed by atoms with Crippen molar-refractivity contribution < 1.29 is 14.3 Å². The fraction of sp³-hybridized carbons (Fsp3) is 0.471. The number of nitrogens with zero attached hydrogens (tertiary/aromatic N) is 4. The van der Waals surface area contributed by atoms with Crippen LogP contribution in [-0.2, 0) is 17.8 Å². The van der Waals surface area contributed by atoms with Crippen LogP contribution in [0.1, 0.15) is 31.3 Å². The maximum absolute atomic E-state index is 12.5. The van der Waals surface area contributed by atoms with Gasteiger partial charge in [-0.2, -0.15) is 0 Å². The molecule has 0 fully saturated rings. The maximum atomic E-state index is 12.5. The molecule has 0 aliphatic rings. The van der Waals surface area contributed by atoms with Crippen molar-refractivity contribution in [2.75, 3.05) is 21.3 Å². The van der Waals surface area contributed by atoms with E-state index in [-0.39, 0.29) is 18.4 Å². The summed E-state index contributed by atoms with van der Waals surface area (Å²) < 4.78 is 12.4. The van der Waals surface area contributed by atoms with Gasteiger partial charge in [0.05, 0.1) is 27.2 Å². The lowest BCUT2D eigenvalue weighted by molar-refractivity contribution is -0.129. The first-order valence-corrected chi connectivity index (χ1v) is 7.79. The minimum Gasteiger partial charge on any atom is -0.493 e. The van der Waals surface area contributed by atoms with Crippen molar-refractivity contribution in [2.24, 2.45) is 0 Å². The Morgan fingerprint density at radius 2 is 1.96 bits per heavy atom. The largest absolute Gasteiger partial charge is 0.493 e. The van der Waals surface area contributed by atoms with E-state index >= 15 is 0 Å². The quantitative estimate of drug-likeness (QED) is 0.776. The van der Waals surface area contributed by atoms with E-state index in [0.29, 0.717) is 18.0 Å². The smallest absolute Gasteiger partial charge is 0.227 e. The van der Waals surface area contributed by atoms with Crippen molar-refractivity contribution in [2.45, 2.75) is 32.9 Å². The number of amides is 1. The Kier molecular flexibility index (Phi) is 5.78. The molecule has 0 saturated heterocycles. The molecule has 0 aliphatic carbocycles. The molecule has 0 saturated carbocycles. The lowest BCUT2D eigenvalue weighted by Gasteiger charge is -2.19. The lowest BCUT2D eigenvalue weighted by Crippen LogP contribution is -2.29. The molecule has 1 amide bonds. The highest BCUT2D eigenvalue weighted by Gasteiger charge is 2.16. The topological polar surface area (TPSA) is 69.5 Å². The third-order valence-electron chi connectivity index (χ3n) is 3.81. The van der Waals surface area contributed by atoms with Crippen LogP contribution in [0.15, 0.2) is 24.5 Å². The number of likely N-dealkylation sites (N-methyl/N-ethyl adjacent to an activating group) is 1. The predicted octanol–water partition coefficient (Wildman–Crippen LogP) is 2.08. The molecule has 2 rings (SSSR count). The molecule has 1 heterocycles. The zero-order chi connectivity index (χ0) is 17.7. The second-order valence-electron chi connectivity index (χ2n) is 5.86. The molecule has 0 spiro atoms. The zero-order valence-corrected chi connectivity index (χ0v) is 14.8. The second kappa shape index (κ2) is 7.81. The number of rotatable bonds is 7. The number of benzene rings is 1. The Morgan fingerprint density at radius 1 is 1.25 bits per heavy atom. The van der Waals surface area contributed by atoms with Gasteiger partial charge in [-0.1, -0.05) is 6.07 Å². The highest BCUT2D eigenvalue weighted by molar-refractivity contribution is 5.78. The number of carbonyl (C=O) groups excluding carboxylic acids is 1. The highest BCUT2D eigenvalue weighted by atomic mass is 16.5. The fourth-order valence-electron chi connectivity index (χ4n) is 2.41. The molecule has 7 heteroatoms. The van der Waals surface area contributed by atoms with E-state index in [4.69, 9.17) is 9.47 Å². The molecule has 7 nitrogen and oxygen atoms in total. The first kappa shape index (κ1) is 17.8. The van der Waals surface area contributed by atoms with Crippen molar-refractivity contribution in [1.82, 2.24) is 19.7 Å². The van der Waals surface area contributed by atoms with Gasteiger partial charge >= 0.3 is 0 Å². The van der Waals surface area contributed by atoms with Crippen molar-refractivity contribution in [3.05, 3.63) is 35.9 Å². The zero-order valence-electron chi connectivity index (χ0n) is 14.8. The standard InChI is InChI=1S/C17H24N4O3/c1-12(2)21-11-18-19-16(21)10-20(3)17(22)9-13-6-7-14(23-4)15(8-13)24-5/h6-8,11-12H,9-10H2,1-5H3. The predicted molar refractivity (Wildman–Crippen MR) is 90.1 cm³/mol. The third-order valence-corrected chi connectivity index (χ3v) is 3.81. The van der Waals surface area contributed by atoms with E-state index in [2.05, 4.69) is 24.0 Å². The number of aromatic nitrogens is 3. The van der Waals surface area contributed by atoms with Crippen molar-refractivity contribution in [3.63, 3.8) is 0 Å². The molecular weight excluding hydrogens is 308 g/mol. The summed E-state index contributed by atoms with van der Waals surface area (Å²) in [6.45, 7) is 4.53. The first-order chi connectivity index (χ1) is 11.5. The summed E-state index contributed by atoms with van der Waals surface area (Å²) in [5.41, 5.74) is 0.870. The molecule has 0 bridgehead atoms. The van der Waals surface area contributed by atoms with Gasteiger partial charge in [0.1, 0.15) is 6.33 Å². The summed E-state index contributed by atoms with van der Waals surface area (Å²) >= 11 is 0. The van der Waals surface area contributed by atoms with E-state index in [9.17, 15) is 4.79 Å². The van der Waals surface area contributed by atoms with Gasteiger partial charge < -0.3 is 18.9 Å². The Morgan fingerprint density at radius 3 is 2.58 bits per heavy atom. The Labute approximate surface area is 142 Å². The molecule has 1 aromatic carbocycles. The highest BCUT2D eigenvalue weighted by Crippen LogP contribution is 2.27. The molecule has 0 unspecified atom stereocenters. The van der Waals surface area contributed by atoms with Crippen LogP contribution in [0, 0.1) is 0 Å². The van der Waals surface area contributed by atoms with Crippen molar-refractivity contribution in [1.29, 1.82) is 0 Å². The molecule has 0 aliphatic heterocycles. The summed E-state index contributed by atoms with van der Waals surface area (Å²) in [5.74, 6) is 2.03. The average molecular weight is 332 g/mol. The SMILES string of the molecule is COc1ccc(CC(=O)N(C)Cc2nncn2C(C)C)cc1OC. The summed E-state index contributed by atoms with van der Waals surface area (Å²) in [4.78, 5) is 14.1. The van der Waals surface area contributed by atoms with E-state index in [1.54, 1.807) is 38.6 Å². The normalized spacial score (nSPS) is 10.8. The van der Waals surface area contributed by atoms with Gasteiger partial charge in [-0.25, -0.2) is 0 Å². The van der Waals surface area contributed by atoms with E-state index in [0.717, 1.165) is 11.4 Å². The van der Waals surface area contributed by atoms with Crippen LogP contribution in [-0.4, -0.2) is 46.8 Å². The monoisotopic (exact) mass is 332 g/mol. The van der Waals surface area contributed by atoms with Crippen LogP contribution in [0.4, 0.5) is 0 Å². The van der Waals surface area contributed by atoms with Crippen LogP contribution >= 0.6 is 0 Å². The molecule has 24 heavy (non-hydrogen) atoms. The molecule has 0 radical (unpaired) electrons. The van der Waals surface area contributed by atoms with Gasteiger partial charge in [0, 0.05) is 13.1 Å². The minimum absolute atomic E-state index is 0.000487. The second-order valence-corrected chi connectivity index (χ2v) is 5.86. The summed E-state index contributed by atoms with van der Waals surface area (Å²) in [6.07, 6.45) is 1.97. The molecular formula is C17H24N4O3. The first-order valence-electron chi connectivity index (χ1n) is 7.79. The number of hydrogen-bond acceptors (Lipinski definition) is 5. The Hall–Kier alpha value is -2.57. The molecule has 0 atom stereocenters. The van der Waals surface area contributed by atoms with Gasteiger partial charge in [0.15, 0.2) is 17.3 Å². The van der Waals surface area contributed by atoms with Crippen LogP contribution in [0.5, 0.6) is 11.5 Å². The van der Waals surface area contributed by atoms with E-state index < -0.39 is 0 Å². The van der Waals surface area contributed by atoms with Crippen LogP contribution < -0.4 is 9.47 Å². The van der Waals surface area contributed by atoms with Gasteiger partial charge in [-0.3, -0.25) is 4.79 Å². The maximum Gasteiger partial charge on any atom is 0.227 e. The minimum atomic E-state index is 0.000487. The lowest BCUT2D eigenvalue weighted by atomic mass is 10.1. The number of ether oxygens (including phenoxy) is 2. The fourth-order valence-corrected chi connectivity index (χ4v) is 2.41. The van der Waals surface area contributed by atoms with Crippen LogP contribution in [0.3, 0.4) is 0 Å². The number of hydrogen-bond donors (Lipinski definition) is 0. The third kappa shape index (κ3) is 4.04.